The predicted octanol–water partition coefficient (Wildman–Crippen LogP) is 2.64. The van der Waals surface area contributed by atoms with Crippen LogP contribution in [0.2, 0.25) is 5.15 Å². The van der Waals surface area contributed by atoms with Gasteiger partial charge in [-0.15, -0.1) is 0 Å². The van der Waals surface area contributed by atoms with Gasteiger partial charge in [0.2, 0.25) is 0 Å². The van der Waals surface area contributed by atoms with Crippen molar-refractivity contribution in [2.75, 3.05) is 0 Å². The monoisotopic (exact) mass is 216 g/mol. The fourth-order valence-corrected chi connectivity index (χ4v) is 1.74. The zero-order chi connectivity index (χ0) is 10.9. The smallest absolute Gasteiger partial charge is 0.132 e. The molecule has 0 amide bonds. The van der Waals surface area contributed by atoms with Crippen LogP contribution in [0.15, 0.2) is 0 Å². The Morgan fingerprint density at radius 2 is 2.07 bits per heavy atom. The van der Waals surface area contributed by atoms with Crippen molar-refractivity contribution in [2.45, 2.75) is 39.2 Å². The van der Waals surface area contributed by atoms with E-state index in [0.717, 1.165) is 11.3 Å². The van der Waals surface area contributed by atoms with Crippen molar-refractivity contribution < 1.29 is 5.11 Å². The first-order valence-corrected chi connectivity index (χ1v) is 5.27. The Kier molecular flexibility index (Phi) is 3.56. The highest BCUT2D eigenvalue weighted by Crippen LogP contribution is 2.31. The van der Waals surface area contributed by atoms with Crippen LogP contribution in [-0.4, -0.2) is 14.9 Å². The zero-order valence-corrected chi connectivity index (χ0v) is 9.84. The fourth-order valence-electron chi connectivity index (χ4n) is 1.48. The molecule has 0 spiro atoms. The van der Waals surface area contributed by atoms with Gasteiger partial charge in [-0.2, -0.15) is 5.10 Å². The van der Waals surface area contributed by atoms with Gasteiger partial charge in [0.25, 0.3) is 0 Å². The first-order valence-electron chi connectivity index (χ1n) is 4.89. The van der Waals surface area contributed by atoms with Crippen molar-refractivity contribution in [3.8, 4) is 0 Å². The van der Waals surface area contributed by atoms with E-state index in [4.69, 9.17) is 11.6 Å². The Morgan fingerprint density at radius 1 is 1.50 bits per heavy atom. The number of rotatable bonds is 3. The van der Waals surface area contributed by atoms with Gasteiger partial charge in [0.05, 0.1) is 11.8 Å². The Bertz CT molecular complexity index is 320. The van der Waals surface area contributed by atoms with Gasteiger partial charge in [0, 0.05) is 12.6 Å². The third kappa shape index (κ3) is 1.93. The molecule has 0 bridgehead atoms. The second-order valence-corrected chi connectivity index (χ2v) is 4.15. The summed E-state index contributed by atoms with van der Waals surface area (Å²) in [7, 11) is 1.79. The highest BCUT2D eigenvalue weighted by molar-refractivity contribution is 6.30. The van der Waals surface area contributed by atoms with E-state index < -0.39 is 6.10 Å². The summed E-state index contributed by atoms with van der Waals surface area (Å²) in [5.41, 5.74) is 1.68. The minimum Gasteiger partial charge on any atom is -0.388 e. The predicted molar refractivity (Wildman–Crippen MR) is 57.6 cm³/mol. The third-order valence-electron chi connectivity index (χ3n) is 2.31. The summed E-state index contributed by atoms with van der Waals surface area (Å²) in [6, 6.07) is 0. The van der Waals surface area contributed by atoms with E-state index in [1.807, 2.05) is 20.8 Å². The molecule has 0 aliphatic heterocycles. The highest BCUT2D eigenvalue weighted by Gasteiger charge is 2.21. The van der Waals surface area contributed by atoms with E-state index in [1.165, 1.54) is 0 Å². The number of aromatic nitrogens is 2. The normalized spacial score (nSPS) is 13.6. The first-order chi connectivity index (χ1) is 6.49. The van der Waals surface area contributed by atoms with E-state index >= 15 is 0 Å². The molecule has 0 aromatic carbocycles. The second kappa shape index (κ2) is 4.32. The molecular formula is C10H17ClN2O. The maximum atomic E-state index is 9.82. The lowest BCUT2D eigenvalue weighted by atomic mass is 10.0. The molecule has 0 saturated carbocycles. The summed E-state index contributed by atoms with van der Waals surface area (Å²) in [4.78, 5) is 0. The van der Waals surface area contributed by atoms with Crippen LogP contribution in [0.4, 0.5) is 0 Å². The molecule has 0 saturated heterocycles. The Balaban J connectivity index is 3.23. The van der Waals surface area contributed by atoms with Crippen LogP contribution in [0.25, 0.3) is 0 Å². The van der Waals surface area contributed by atoms with Crippen LogP contribution in [0.5, 0.6) is 0 Å². The van der Waals surface area contributed by atoms with Gasteiger partial charge in [-0.3, -0.25) is 4.68 Å². The standard InChI is InChI=1S/C10H17ClN2O/c1-5-7(14)8-9(6(2)3)12-13(4)10(8)11/h6-7,14H,5H2,1-4H3. The fraction of sp³-hybridized carbons (Fsp3) is 0.700. The number of hydrogen-bond acceptors (Lipinski definition) is 2. The number of halogens is 1. The summed E-state index contributed by atoms with van der Waals surface area (Å²) in [6.45, 7) is 6.02. The van der Waals surface area contributed by atoms with Gasteiger partial charge >= 0.3 is 0 Å². The third-order valence-corrected chi connectivity index (χ3v) is 2.76. The SMILES string of the molecule is CCC(O)c1c(C(C)C)nn(C)c1Cl. The van der Waals surface area contributed by atoms with Crippen LogP contribution in [0.3, 0.4) is 0 Å². The van der Waals surface area contributed by atoms with Gasteiger partial charge < -0.3 is 5.11 Å². The quantitative estimate of drug-likeness (QED) is 0.844. The molecule has 1 rings (SSSR count). The van der Waals surface area contributed by atoms with Gasteiger partial charge in [0.1, 0.15) is 5.15 Å². The van der Waals surface area contributed by atoms with E-state index in [1.54, 1.807) is 11.7 Å². The average molecular weight is 217 g/mol. The topological polar surface area (TPSA) is 38.1 Å². The molecule has 1 unspecified atom stereocenters. The van der Waals surface area contributed by atoms with Crippen LogP contribution in [0.1, 0.15) is 50.5 Å². The molecule has 3 nitrogen and oxygen atoms in total. The van der Waals surface area contributed by atoms with Crippen LogP contribution in [0, 0.1) is 0 Å². The number of hydrogen-bond donors (Lipinski definition) is 1. The van der Waals surface area contributed by atoms with Crippen molar-refractivity contribution in [1.29, 1.82) is 0 Å². The van der Waals surface area contributed by atoms with Crippen molar-refractivity contribution in [3.05, 3.63) is 16.4 Å². The molecule has 14 heavy (non-hydrogen) atoms. The second-order valence-electron chi connectivity index (χ2n) is 3.79. The number of aryl methyl sites for hydroxylation is 1. The average Bonchev–Trinajstić information content (AvgIpc) is 2.43. The Hall–Kier alpha value is -0.540. The van der Waals surface area contributed by atoms with Crippen molar-refractivity contribution >= 4 is 11.6 Å². The van der Waals surface area contributed by atoms with Crippen LogP contribution >= 0.6 is 11.6 Å². The summed E-state index contributed by atoms with van der Waals surface area (Å²) in [5.74, 6) is 0.282. The molecule has 4 heteroatoms. The minimum absolute atomic E-state index is 0.282. The lowest BCUT2D eigenvalue weighted by Gasteiger charge is -2.10. The lowest BCUT2D eigenvalue weighted by Crippen LogP contribution is -2.00. The Morgan fingerprint density at radius 3 is 2.50 bits per heavy atom. The van der Waals surface area contributed by atoms with Crippen LogP contribution in [-0.2, 0) is 7.05 Å². The van der Waals surface area contributed by atoms with E-state index in [9.17, 15) is 5.11 Å². The summed E-state index contributed by atoms with van der Waals surface area (Å²) < 4.78 is 1.62. The molecule has 0 aliphatic rings. The molecule has 0 fully saturated rings. The number of aliphatic hydroxyl groups excluding tert-OH is 1. The molecule has 1 aromatic heterocycles. The summed E-state index contributed by atoms with van der Waals surface area (Å²) in [5, 5.41) is 14.7. The molecule has 1 atom stereocenters. The first kappa shape index (κ1) is 11.5. The molecule has 1 heterocycles. The van der Waals surface area contributed by atoms with Gasteiger partial charge in [-0.1, -0.05) is 32.4 Å². The largest absolute Gasteiger partial charge is 0.388 e. The van der Waals surface area contributed by atoms with E-state index in [0.29, 0.717) is 11.6 Å². The lowest BCUT2D eigenvalue weighted by molar-refractivity contribution is 0.172. The molecule has 0 aliphatic carbocycles. The highest BCUT2D eigenvalue weighted by atomic mass is 35.5. The van der Waals surface area contributed by atoms with Gasteiger partial charge in [-0.25, -0.2) is 0 Å². The zero-order valence-electron chi connectivity index (χ0n) is 9.08. The van der Waals surface area contributed by atoms with Gasteiger partial charge in [-0.05, 0) is 12.3 Å². The van der Waals surface area contributed by atoms with Gasteiger partial charge in [0.15, 0.2) is 0 Å². The maximum absolute atomic E-state index is 9.82. The summed E-state index contributed by atoms with van der Waals surface area (Å²) in [6.07, 6.45) is 0.152. The van der Waals surface area contributed by atoms with Crippen LogP contribution < -0.4 is 0 Å². The summed E-state index contributed by atoms with van der Waals surface area (Å²) >= 11 is 6.07. The van der Waals surface area contributed by atoms with E-state index in [-0.39, 0.29) is 5.92 Å². The number of aliphatic hydroxyl groups is 1. The van der Waals surface area contributed by atoms with Crippen molar-refractivity contribution in [2.24, 2.45) is 7.05 Å². The van der Waals surface area contributed by atoms with Crippen molar-refractivity contribution in [3.63, 3.8) is 0 Å². The van der Waals surface area contributed by atoms with Crippen molar-refractivity contribution in [1.82, 2.24) is 9.78 Å². The van der Waals surface area contributed by atoms with E-state index in [2.05, 4.69) is 5.10 Å². The molecular weight excluding hydrogens is 200 g/mol. The Labute approximate surface area is 89.7 Å². The molecule has 0 radical (unpaired) electrons. The minimum atomic E-state index is -0.506. The number of nitrogens with zero attached hydrogens (tertiary/aromatic N) is 2. The molecule has 1 N–H and O–H groups in total. The molecule has 80 valence electrons. The molecule has 1 aromatic rings. The maximum Gasteiger partial charge on any atom is 0.132 e.